The molecule has 0 radical (unpaired) electrons. The summed E-state index contributed by atoms with van der Waals surface area (Å²) in [6.07, 6.45) is 5.81. The Labute approximate surface area is 174 Å². The summed E-state index contributed by atoms with van der Waals surface area (Å²) in [6.45, 7) is 1.66. The molecule has 8 heteroatoms. The number of hydrogen-bond donors (Lipinski definition) is 2. The summed E-state index contributed by atoms with van der Waals surface area (Å²) < 4.78 is 0. The topological polar surface area (TPSA) is 113 Å². The Bertz CT molecular complexity index is 954. The van der Waals surface area contributed by atoms with Gasteiger partial charge in [0.05, 0.1) is 11.1 Å². The van der Waals surface area contributed by atoms with Crippen LogP contribution in [-0.4, -0.2) is 57.6 Å². The molecule has 2 unspecified atom stereocenters. The van der Waals surface area contributed by atoms with Gasteiger partial charge in [0.15, 0.2) is 0 Å². The van der Waals surface area contributed by atoms with Gasteiger partial charge in [-0.1, -0.05) is 6.07 Å². The number of fused-ring (bicyclic) bond motifs is 1. The summed E-state index contributed by atoms with van der Waals surface area (Å²) in [5.41, 5.74) is 8.06. The van der Waals surface area contributed by atoms with Crippen LogP contribution in [0.4, 0.5) is 0 Å². The summed E-state index contributed by atoms with van der Waals surface area (Å²) in [4.78, 5) is 53.0. The Kier molecular flexibility index (Phi) is 4.52. The van der Waals surface area contributed by atoms with E-state index in [9.17, 15) is 19.2 Å². The number of benzene rings is 1. The van der Waals surface area contributed by atoms with Crippen LogP contribution in [0.5, 0.6) is 0 Å². The van der Waals surface area contributed by atoms with Gasteiger partial charge in [-0.3, -0.25) is 34.3 Å². The molecule has 3 aliphatic heterocycles. The number of nitrogens with one attached hydrogen (secondary N) is 1. The van der Waals surface area contributed by atoms with E-state index in [1.807, 2.05) is 6.07 Å². The van der Waals surface area contributed by atoms with Crippen LogP contribution in [0, 0.1) is 0 Å². The molecule has 0 bridgehead atoms. The molecular weight excluding hydrogens is 384 g/mol. The Morgan fingerprint density at radius 3 is 2.53 bits per heavy atom. The zero-order valence-electron chi connectivity index (χ0n) is 16.9. The molecule has 4 amide bonds. The van der Waals surface area contributed by atoms with E-state index in [1.165, 1.54) is 6.42 Å². The summed E-state index contributed by atoms with van der Waals surface area (Å²) in [5, 5.41) is 2.22. The first-order valence-electron chi connectivity index (χ1n) is 10.7. The van der Waals surface area contributed by atoms with E-state index in [0.717, 1.165) is 49.2 Å². The molecule has 1 saturated carbocycles. The van der Waals surface area contributed by atoms with Crippen molar-refractivity contribution in [3.63, 3.8) is 0 Å². The zero-order valence-corrected chi connectivity index (χ0v) is 16.9. The maximum absolute atomic E-state index is 13.0. The highest BCUT2D eigenvalue weighted by molar-refractivity contribution is 6.23. The van der Waals surface area contributed by atoms with Gasteiger partial charge >= 0.3 is 0 Å². The highest BCUT2D eigenvalue weighted by Crippen LogP contribution is 2.44. The summed E-state index contributed by atoms with van der Waals surface area (Å²) in [5.74, 6) is -1.88. The molecule has 3 N–H and O–H groups in total. The number of hydrogen-bond acceptors (Lipinski definition) is 6. The molecule has 3 fully saturated rings. The quantitative estimate of drug-likeness (QED) is 0.717. The molecule has 1 aromatic rings. The summed E-state index contributed by atoms with van der Waals surface area (Å²) in [6, 6.07) is 4.71. The van der Waals surface area contributed by atoms with E-state index in [1.54, 1.807) is 12.1 Å². The van der Waals surface area contributed by atoms with Gasteiger partial charge in [0, 0.05) is 31.1 Å². The van der Waals surface area contributed by atoms with Gasteiger partial charge in [0.25, 0.3) is 11.8 Å². The van der Waals surface area contributed by atoms with E-state index < -0.39 is 23.8 Å². The second-order valence-corrected chi connectivity index (χ2v) is 9.08. The van der Waals surface area contributed by atoms with E-state index in [2.05, 4.69) is 10.2 Å². The highest BCUT2D eigenvalue weighted by Gasteiger charge is 2.47. The predicted octanol–water partition coefficient (Wildman–Crippen LogP) is 0.934. The molecule has 1 aromatic carbocycles. The van der Waals surface area contributed by atoms with Crippen molar-refractivity contribution < 1.29 is 19.2 Å². The molecule has 4 aliphatic rings. The Morgan fingerprint density at radius 2 is 1.83 bits per heavy atom. The normalized spacial score (nSPS) is 28.5. The number of nitrogens with two attached hydrogens (primary N) is 1. The van der Waals surface area contributed by atoms with Crippen LogP contribution >= 0.6 is 0 Å². The first-order valence-corrected chi connectivity index (χ1v) is 10.7. The van der Waals surface area contributed by atoms with Gasteiger partial charge in [0.2, 0.25) is 11.8 Å². The first kappa shape index (κ1) is 19.4. The number of rotatable bonds is 3. The predicted molar refractivity (Wildman–Crippen MR) is 107 cm³/mol. The van der Waals surface area contributed by atoms with Crippen LogP contribution in [0.1, 0.15) is 71.2 Å². The molecule has 3 heterocycles. The molecule has 2 atom stereocenters. The van der Waals surface area contributed by atoms with Crippen molar-refractivity contribution in [3.05, 3.63) is 34.9 Å². The van der Waals surface area contributed by atoms with Crippen molar-refractivity contribution in [1.29, 1.82) is 0 Å². The molecule has 5 rings (SSSR count). The minimum absolute atomic E-state index is 0.119. The van der Waals surface area contributed by atoms with E-state index in [0.29, 0.717) is 11.1 Å². The third-order valence-corrected chi connectivity index (χ3v) is 7.24. The van der Waals surface area contributed by atoms with Crippen molar-refractivity contribution in [1.82, 2.24) is 15.1 Å². The number of nitrogens with zero attached hydrogens (tertiary/aromatic N) is 2. The monoisotopic (exact) mass is 410 g/mol. The number of carbonyl (C=O) groups excluding carboxylic acids is 4. The molecule has 1 aliphatic carbocycles. The minimum atomic E-state index is -0.930. The maximum atomic E-state index is 13.0. The largest absolute Gasteiger partial charge is 0.328 e. The van der Waals surface area contributed by atoms with Crippen LogP contribution in [0.25, 0.3) is 0 Å². The Balaban J connectivity index is 1.37. The molecule has 0 aromatic heterocycles. The molecule has 30 heavy (non-hydrogen) atoms. The highest BCUT2D eigenvalue weighted by atomic mass is 16.2. The van der Waals surface area contributed by atoms with Crippen molar-refractivity contribution in [2.24, 2.45) is 5.73 Å². The fourth-order valence-electron chi connectivity index (χ4n) is 5.47. The van der Waals surface area contributed by atoms with Gasteiger partial charge in [-0.05, 0) is 56.2 Å². The standard InChI is InChI=1S/C22H26N4O4/c23-14-6-9-25(22(11-14)7-1-8-22)12-13-2-3-15-16(10-13)21(30)26(20(15)29)17-4-5-18(27)24-19(17)28/h2-3,10,14,17H,1,4-9,11-12,23H2,(H,24,27,28). The molecule has 8 nitrogen and oxygen atoms in total. The number of amides is 4. The lowest BCUT2D eigenvalue weighted by Crippen LogP contribution is -2.60. The SMILES string of the molecule is NC1CCN(Cc2ccc3c(c2)C(=O)N(C2CCC(=O)NC2=O)C3=O)C2(CCC2)C1. The number of piperidine rings is 2. The smallest absolute Gasteiger partial charge is 0.262 e. The fraction of sp³-hybridized carbons (Fsp3) is 0.545. The van der Waals surface area contributed by atoms with Crippen LogP contribution in [0.2, 0.25) is 0 Å². The van der Waals surface area contributed by atoms with Gasteiger partial charge in [-0.2, -0.15) is 0 Å². The van der Waals surface area contributed by atoms with Crippen LogP contribution in [0.15, 0.2) is 18.2 Å². The van der Waals surface area contributed by atoms with Crippen molar-refractivity contribution >= 4 is 23.6 Å². The number of imide groups is 2. The minimum Gasteiger partial charge on any atom is -0.328 e. The number of likely N-dealkylation sites (tertiary alicyclic amines) is 1. The average molecular weight is 410 g/mol. The maximum Gasteiger partial charge on any atom is 0.262 e. The number of carbonyl (C=O) groups is 4. The van der Waals surface area contributed by atoms with Crippen molar-refractivity contribution in [2.75, 3.05) is 6.54 Å². The van der Waals surface area contributed by atoms with Gasteiger partial charge in [0.1, 0.15) is 6.04 Å². The zero-order chi connectivity index (χ0) is 21.0. The van der Waals surface area contributed by atoms with E-state index in [4.69, 9.17) is 5.73 Å². The third-order valence-electron chi connectivity index (χ3n) is 7.24. The molecule has 158 valence electrons. The van der Waals surface area contributed by atoms with Gasteiger partial charge in [-0.25, -0.2) is 0 Å². The van der Waals surface area contributed by atoms with Crippen molar-refractivity contribution in [3.8, 4) is 0 Å². The average Bonchev–Trinajstić information content (AvgIpc) is 2.92. The molecular formula is C22H26N4O4. The molecule has 2 saturated heterocycles. The van der Waals surface area contributed by atoms with Gasteiger partial charge in [-0.15, -0.1) is 0 Å². The van der Waals surface area contributed by atoms with E-state index >= 15 is 0 Å². The van der Waals surface area contributed by atoms with Crippen LogP contribution < -0.4 is 11.1 Å². The Hall–Kier alpha value is -2.58. The summed E-state index contributed by atoms with van der Waals surface area (Å²) in [7, 11) is 0. The summed E-state index contributed by atoms with van der Waals surface area (Å²) >= 11 is 0. The third kappa shape index (κ3) is 2.97. The second kappa shape index (κ2) is 6.99. The fourth-order valence-corrected chi connectivity index (χ4v) is 5.47. The van der Waals surface area contributed by atoms with Crippen molar-refractivity contribution in [2.45, 2.75) is 69.1 Å². The van der Waals surface area contributed by atoms with Crippen LogP contribution in [-0.2, 0) is 16.1 Å². The van der Waals surface area contributed by atoms with E-state index in [-0.39, 0.29) is 30.3 Å². The lowest BCUT2D eigenvalue weighted by Gasteiger charge is -2.55. The molecule has 1 spiro atoms. The lowest BCUT2D eigenvalue weighted by atomic mass is 9.69. The van der Waals surface area contributed by atoms with Crippen LogP contribution in [0.3, 0.4) is 0 Å². The van der Waals surface area contributed by atoms with Gasteiger partial charge < -0.3 is 5.73 Å². The lowest BCUT2D eigenvalue weighted by molar-refractivity contribution is -0.136. The first-order chi connectivity index (χ1) is 14.4. The Morgan fingerprint density at radius 1 is 1.07 bits per heavy atom. The second-order valence-electron chi connectivity index (χ2n) is 9.08.